The van der Waals surface area contributed by atoms with Crippen molar-refractivity contribution in [3.05, 3.63) is 0 Å². The van der Waals surface area contributed by atoms with E-state index in [0.717, 1.165) is 6.42 Å². The maximum atomic E-state index is 12.1. The lowest BCUT2D eigenvalue weighted by Crippen LogP contribution is -2.53. The van der Waals surface area contributed by atoms with Gasteiger partial charge in [-0.2, -0.15) is 0 Å². The van der Waals surface area contributed by atoms with Gasteiger partial charge in [0.15, 0.2) is 0 Å². The Bertz CT molecular complexity index is 328. The topological polar surface area (TPSA) is 58.6 Å². The third kappa shape index (κ3) is 4.38. The molecule has 1 N–H and O–H groups in total. The summed E-state index contributed by atoms with van der Waals surface area (Å²) in [5.74, 6) is 0. The van der Waals surface area contributed by atoms with Gasteiger partial charge in [-0.1, -0.05) is 0 Å². The second kappa shape index (κ2) is 6.18. The zero-order chi connectivity index (χ0) is 13.9. The van der Waals surface area contributed by atoms with Crippen molar-refractivity contribution in [2.75, 3.05) is 13.6 Å². The first kappa shape index (κ1) is 15.7. The highest BCUT2D eigenvalue weighted by molar-refractivity contribution is 14.1. The normalized spacial score (nSPS) is 24.8. The number of carbonyl (C=O) groups excluding carboxylic acids is 2. The molecule has 5 nitrogen and oxygen atoms in total. The van der Waals surface area contributed by atoms with E-state index < -0.39 is 11.7 Å². The summed E-state index contributed by atoms with van der Waals surface area (Å²) < 4.78 is 5.32. The fourth-order valence-corrected chi connectivity index (χ4v) is 2.57. The number of likely N-dealkylation sites (tertiary alicyclic amines) is 1. The van der Waals surface area contributed by atoms with Gasteiger partial charge in [-0.15, -0.1) is 0 Å². The summed E-state index contributed by atoms with van der Waals surface area (Å²) in [5.41, 5.74) is -0.532. The molecule has 0 saturated carbocycles. The minimum atomic E-state index is -0.532. The Kier molecular flexibility index (Phi) is 5.39. The maximum Gasteiger partial charge on any atom is 0.410 e. The lowest BCUT2D eigenvalue weighted by molar-refractivity contribution is -0.115. The molecule has 1 aliphatic rings. The Balaban J connectivity index is 2.74. The Morgan fingerprint density at radius 1 is 1.39 bits per heavy atom. The van der Waals surface area contributed by atoms with Crippen LogP contribution in [0.2, 0.25) is 0 Å². The van der Waals surface area contributed by atoms with Gasteiger partial charge in [0.2, 0.25) is 3.79 Å². The SMILES string of the molecule is CNC1CCN(C(=O)OC(C)(C)C)C(C(=O)I)C1. The van der Waals surface area contributed by atoms with Gasteiger partial charge in [-0.25, -0.2) is 4.79 Å². The van der Waals surface area contributed by atoms with Crippen LogP contribution in [0.4, 0.5) is 4.79 Å². The van der Waals surface area contributed by atoms with Crippen LogP contribution in [0.25, 0.3) is 0 Å². The average Bonchev–Trinajstić information content (AvgIpc) is 2.25. The number of piperidine rings is 1. The zero-order valence-electron chi connectivity index (χ0n) is 11.3. The minimum absolute atomic E-state index is 0.0154. The highest BCUT2D eigenvalue weighted by Crippen LogP contribution is 2.23. The Hall–Kier alpha value is -0.370. The van der Waals surface area contributed by atoms with Crippen molar-refractivity contribution < 1.29 is 14.3 Å². The van der Waals surface area contributed by atoms with E-state index in [4.69, 9.17) is 4.74 Å². The molecule has 2 unspecified atom stereocenters. The van der Waals surface area contributed by atoms with Crippen LogP contribution in [0.1, 0.15) is 33.6 Å². The average molecular weight is 368 g/mol. The van der Waals surface area contributed by atoms with Crippen LogP contribution in [-0.4, -0.2) is 46.1 Å². The molecular weight excluding hydrogens is 347 g/mol. The van der Waals surface area contributed by atoms with Crippen LogP contribution in [0.3, 0.4) is 0 Å². The maximum absolute atomic E-state index is 12.1. The second-order valence-corrected chi connectivity index (χ2v) is 6.57. The number of nitrogens with zero attached hydrogens (tertiary/aromatic N) is 1. The summed E-state index contributed by atoms with van der Waals surface area (Å²) >= 11 is 1.76. The zero-order valence-corrected chi connectivity index (χ0v) is 13.5. The largest absolute Gasteiger partial charge is 0.444 e. The molecule has 0 bridgehead atoms. The van der Waals surface area contributed by atoms with E-state index in [-0.39, 0.29) is 15.9 Å². The highest BCUT2D eigenvalue weighted by atomic mass is 127. The van der Waals surface area contributed by atoms with Gasteiger partial charge in [-0.05, 0) is 40.7 Å². The van der Waals surface area contributed by atoms with Crippen LogP contribution in [-0.2, 0) is 9.53 Å². The third-order valence-corrected chi connectivity index (χ3v) is 3.62. The van der Waals surface area contributed by atoms with E-state index >= 15 is 0 Å². The monoisotopic (exact) mass is 368 g/mol. The summed E-state index contributed by atoms with van der Waals surface area (Å²) in [5, 5.41) is 3.16. The molecular formula is C12H21IN2O3. The number of hydrogen-bond donors (Lipinski definition) is 1. The molecule has 104 valence electrons. The van der Waals surface area contributed by atoms with Crippen molar-refractivity contribution in [2.45, 2.75) is 51.3 Å². The molecule has 1 rings (SSSR count). The van der Waals surface area contributed by atoms with E-state index in [2.05, 4.69) is 5.32 Å². The second-order valence-electron chi connectivity index (χ2n) is 5.50. The summed E-state index contributed by atoms with van der Waals surface area (Å²) in [6.45, 7) is 6.03. The van der Waals surface area contributed by atoms with E-state index in [0.29, 0.717) is 13.0 Å². The summed E-state index contributed by atoms with van der Waals surface area (Å²) in [7, 11) is 1.88. The van der Waals surface area contributed by atoms with Gasteiger partial charge in [-0.3, -0.25) is 9.69 Å². The number of ether oxygens (including phenoxy) is 1. The molecule has 1 heterocycles. The predicted octanol–water partition coefficient (Wildman–Crippen LogP) is 1.94. The number of hydrogen-bond acceptors (Lipinski definition) is 4. The fraction of sp³-hybridized carbons (Fsp3) is 0.833. The first-order valence-electron chi connectivity index (χ1n) is 6.11. The van der Waals surface area contributed by atoms with Gasteiger partial charge < -0.3 is 10.1 Å². The molecule has 1 amide bonds. The van der Waals surface area contributed by atoms with Crippen molar-refractivity contribution in [3.8, 4) is 0 Å². The lowest BCUT2D eigenvalue weighted by Gasteiger charge is -2.38. The van der Waals surface area contributed by atoms with Gasteiger partial charge in [0.05, 0.1) is 0 Å². The number of carbonyl (C=O) groups is 2. The van der Waals surface area contributed by atoms with E-state index in [1.807, 2.05) is 27.8 Å². The molecule has 0 aromatic heterocycles. The van der Waals surface area contributed by atoms with Crippen LogP contribution in [0.15, 0.2) is 0 Å². The van der Waals surface area contributed by atoms with E-state index in [1.54, 1.807) is 27.5 Å². The van der Waals surface area contributed by atoms with Gasteiger partial charge in [0.25, 0.3) is 0 Å². The molecule has 2 atom stereocenters. The van der Waals surface area contributed by atoms with Crippen LogP contribution >= 0.6 is 22.6 Å². The lowest BCUT2D eigenvalue weighted by atomic mass is 9.98. The standard InChI is InChI=1S/C12H21IN2O3/c1-12(2,3)18-11(17)15-6-5-8(14-4)7-9(15)10(13)16/h8-9,14H,5-7H2,1-4H3. The molecule has 0 radical (unpaired) electrons. The molecule has 0 aromatic rings. The van der Waals surface area contributed by atoms with Gasteiger partial charge in [0, 0.05) is 35.2 Å². The van der Waals surface area contributed by atoms with Crippen LogP contribution < -0.4 is 5.32 Å². The van der Waals surface area contributed by atoms with Gasteiger partial charge in [0.1, 0.15) is 11.6 Å². The predicted molar refractivity (Wildman–Crippen MR) is 77.8 cm³/mol. The Labute approximate surface area is 122 Å². The fourth-order valence-electron chi connectivity index (χ4n) is 1.98. The molecule has 6 heteroatoms. The first-order valence-corrected chi connectivity index (χ1v) is 7.18. The molecule has 18 heavy (non-hydrogen) atoms. The summed E-state index contributed by atoms with van der Waals surface area (Å²) in [6.07, 6.45) is 1.10. The van der Waals surface area contributed by atoms with Crippen molar-refractivity contribution in [1.82, 2.24) is 10.2 Å². The van der Waals surface area contributed by atoms with Crippen LogP contribution in [0.5, 0.6) is 0 Å². The van der Waals surface area contributed by atoms with Crippen molar-refractivity contribution >= 4 is 32.5 Å². The van der Waals surface area contributed by atoms with Crippen LogP contribution in [0, 0.1) is 0 Å². The van der Waals surface area contributed by atoms with Crippen molar-refractivity contribution in [3.63, 3.8) is 0 Å². The number of rotatable bonds is 2. The Morgan fingerprint density at radius 3 is 2.44 bits per heavy atom. The van der Waals surface area contributed by atoms with Crippen molar-refractivity contribution in [2.24, 2.45) is 0 Å². The molecule has 0 aliphatic carbocycles. The first-order chi connectivity index (χ1) is 8.24. The molecule has 1 fully saturated rings. The van der Waals surface area contributed by atoms with Crippen molar-refractivity contribution in [1.29, 1.82) is 0 Å². The molecule has 1 saturated heterocycles. The summed E-state index contributed by atoms with van der Waals surface area (Å²) in [4.78, 5) is 25.3. The van der Waals surface area contributed by atoms with Gasteiger partial charge >= 0.3 is 6.09 Å². The molecule has 0 aromatic carbocycles. The highest BCUT2D eigenvalue weighted by Gasteiger charge is 2.36. The smallest absolute Gasteiger partial charge is 0.410 e. The summed E-state index contributed by atoms with van der Waals surface area (Å²) in [6, 6.07) is -0.0981. The molecule has 1 aliphatic heterocycles. The molecule has 0 spiro atoms. The van der Waals surface area contributed by atoms with E-state index in [9.17, 15) is 9.59 Å². The quantitative estimate of drug-likeness (QED) is 0.598. The number of amides is 1. The Morgan fingerprint density at radius 2 is 2.00 bits per heavy atom. The number of nitrogens with one attached hydrogen (secondary N) is 1. The minimum Gasteiger partial charge on any atom is -0.444 e. The van der Waals surface area contributed by atoms with E-state index in [1.165, 1.54) is 0 Å². The third-order valence-electron chi connectivity index (χ3n) is 2.90. The number of halogens is 1.